The maximum Gasteiger partial charge on any atom is 0.253 e. The Hall–Kier alpha value is -1.69. The highest BCUT2D eigenvalue weighted by Crippen LogP contribution is 2.15. The van der Waals surface area contributed by atoms with Gasteiger partial charge in [-0.25, -0.2) is 0 Å². The van der Waals surface area contributed by atoms with Crippen LogP contribution in [0.5, 0.6) is 0 Å². The number of halogens is 1. The van der Waals surface area contributed by atoms with Crippen LogP contribution in [0.4, 0.5) is 0 Å². The highest BCUT2D eigenvalue weighted by Gasteiger charge is 2.15. The fourth-order valence-corrected chi connectivity index (χ4v) is 3.24. The van der Waals surface area contributed by atoms with Gasteiger partial charge in [-0.05, 0) is 35.4 Å². The molecule has 2 aromatic carbocycles. The minimum Gasteiger partial charge on any atom is -0.379 e. The summed E-state index contributed by atoms with van der Waals surface area (Å²) in [4.78, 5) is 16.9. The highest BCUT2D eigenvalue weighted by molar-refractivity contribution is 9.10. The number of amides is 1. The number of carbonyl (C=O) groups is 1. The molecular formula is C20H23BrN2O2. The summed E-state index contributed by atoms with van der Waals surface area (Å²) in [7, 11) is 1.85. The number of rotatable bonds is 5. The molecule has 0 atom stereocenters. The molecule has 0 spiro atoms. The average molecular weight is 403 g/mol. The molecule has 0 N–H and O–H groups in total. The zero-order valence-corrected chi connectivity index (χ0v) is 16.0. The average Bonchev–Trinajstić information content (AvgIpc) is 2.64. The van der Waals surface area contributed by atoms with Crippen LogP contribution < -0.4 is 0 Å². The van der Waals surface area contributed by atoms with Crippen LogP contribution in [0.3, 0.4) is 0 Å². The van der Waals surface area contributed by atoms with Crippen molar-refractivity contribution in [3.8, 4) is 0 Å². The third-order valence-corrected chi connectivity index (χ3v) is 4.89. The van der Waals surface area contributed by atoms with Crippen molar-refractivity contribution < 1.29 is 9.53 Å². The van der Waals surface area contributed by atoms with Crippen molar-refractivity contribution >= 4 is 21.8 Å². The number of carbonyl (C=O) groups excluding carboxylic acids is 1. The third kappa shape index (κ3) is 5.14. The van der Waals surface area contributed by atoms with Crippen molar-refractivity contribution in [1.82, 2.24) is 9.80 Å². The fraction of sp³-hybridized carbons (Fsp3) is 0.350. The quantitative estimate of drug-likeness (QED) is 0.766. The van der Waals surface area contributed by atoms with Gasteiger partial charge in [0, 0.05) is 43.3 Å². The van der Waals surface area contributed by atoms with Crippen LogP contribution in [0.1, 0.15) is 21.5 Å². The van der Waals surface area contributed by atoms with Gasteiger partial charge in [-0.3, -0.25) is 9.69 Å². The second kappa shape index (κ2) is 8.61. The largest absolute Gasteiger partial charge is 0.379 e. The van der Waals surface area contributed by atoms with Gasteiger partial charge in [-0.1, -0.05) is 40.2 Å². The maximum atomic E-state index is 12.7. The lowest BCUT2D eigenvalue weighted by Gasteiger charge is -2.26. The van der Waals surface area contributed by atoms with Crippen LogP contribution in [0.2, 0.25) is 0 Å². The molecule has 1 aliphatic rings. The van der Waals surface area contributed by atoms with Crippen molar-refractivity contribution in [3.05, 3.63) is 69.7 Å². The van der Waals surface area contributed by atoms with E-state index in [0.717, 1.165) is 48.4 Å². The number of morpholine rings is 1. The van der Waals surface area contributed by atoms with Crippen LogP contribution in [-0.2, 0) is 17.8 Å². The van der Waals surface area contributed by atoms with E-state index < -0.39 is 0 Å². The summed E-state index contributed by atoms with van der Waals surface area (Å²) in [6.45, 7) is 4.92. The lowest BCUT2D eigenvalue weighted by Crippen LogP contribution is -2.35. The van der Waals surface area contributed by atoms with E-state index in [2.05, 4.69) is 26.9 Å². The van der Waals surface area contributed by atoms with E-state index in [1.54, 1.807) is 4.90 Å². The topological polar surface area (TPSA) is 32.8 Å². The molecule has 4 nitrogen and oxygen atoms in total. The summed E-state index contributed by atoms with van der Waals surface area (Å²) in [6, 6.07) is 16.0. The number of hydrogen-bond donors (Lipinski definition) is 0. The Morgan fingerprint density at radius 1 is 1.12 bits per heavy atom. The monoisotopic (exact) mass is 402 g/mol. The second-order valence-electron chi connectivity index (χ2n) is 6.38. The van der Waals surface area contributed by atoms with Crippen molar-refractivity contribution in [3.63, 3.8) is 0 Å². The molecular weight excluding hydrogens is 380 g/mol. The molecule has 132 valence electrons. The van der Waals surface area contributed by atoms with Gasteiger partial charge >= 0.3 is 0 Å². The summed E-state index contributed by atoms with van der Waals surface area (Å²) >= 11 is 3.43. The second-order valence-corrected chi connectivity index (χ2v) is 7.29. The first kappa shape index (κ1) is 18.1. The molecule has 1 amide bonds. The molecule has 2 aromatic rings. The third-order valence-electron chi connectivity index (χ3n) is 4.36. The van der Waals surface area contributed by atoms with Crippen LogP contribution >= 0.6 is 15.9 Å². The van der Waals surface area contributed by atoms with E-state index in [1.807, 2.05) is 49.5 Å². The molecule has 1 aliphatic heterocycles. The molecule has 1 fully saturated rings. The van der Waals surface area contributed by atoms with E-state index in [9.17, 15) is 4.79 Å². The molecule has 0 radical (unpaired) electrons. The fourth-order valence-electron chi connectivity index (χ4n) is 2.98. The molecule has 1 heterocycles. The SMILES string of the molecule is CN(Cc1ccc(Br)cc1)C(=O)c1cccc(CN2CCOCC2)c1. The molecule has 5 heteroatoms. The molecule has 3 rings (SSSR count). The lowest BCUT2D eigenvalue weighted by atomic mass is 10.1. The molecule has 0 saturated carbocycles. The van der Waals surface area contributed by atoms with E-state index in [1.165, 1.54) is 5.56 Å². The van der Waals surface area contributed by atoms with Crippen LogP contribution in [0.15, 0.2) is 53.0 Å². The highest BCUT2D eigenvalue weighted by atomic mass is 79.9. The van der Waals surface area contributed by atoms with Crippen LogP contribution in [0.25, 0.3) is 0 Å². The number of benzene rings is 2. The van der Waals surface area contributed by atoms with Gasteiger partial charge in [0.2, 0.25) is 0 Å². The Kier molecular flexibility index (Phi) is 6.24. The van der Waals surface area contributed by atoms with Gasteiger partial charge in [-0.15, -0.1) is 0 Å². The summed E-state index contributed by atoms with van der Waals surface area (Å²) in [5.41, 5.74) is 3.03. The van der Waals surface area contributed by atoms with Crippen molar-refractivity contribution in [2.45, 2.75) is 13.1 Å². The Bertz CT molecular complexity index is 712. The van der Waals surface area contributed by atoms with Crippen molar-refractivity contribution in [2.75, 3.05) is 33.4 Å². The summed E-state index contributed by atoms with van der Waals surface area (Å²) in [5.74, 6) is 0.0479. The predicted octanol–water partition coefficient (Wildman–Crippen LogP) is 3.55. The first-order valence-electron chi connectivity index (χ1n) is 8.51. The maximum absolute atomic E-state index is 12.7. The number of ether oxygens (including phenoxy) is 1. The van der Waals surface area contributed by atoms with Crippen molar-refractivity contribution in [1.29, 1.82) is 0 Å². The number of hydrogen-bond acceptors (Lipinski definition) is 3. The summed E-state index contributed by atoms with van der Waals surface area (Å²) < 4.78 is 6.43. The molecule has 0 aromatic heterocycles. The van der Waals surface area contributed by atoms with Gasteiger partial charge in [0.05, 0.1) is 13.2 Å². The molecule has 0 aliphatic carbocycles. The van der Waals surface area contributed by atoms with Crippen LogP contribution in [-0.4, -0.2) is 49.1 Å². The Labute approximate surface area is 157 Å². The van der Waals surface area contributed by atoms with Gasteiger partial charge in [0.15, 0.2) is 0 Å². The zero-order valence-electron chi connectivity index (χ0n) is 14.5. The first-order valence-corrected chi connectivity index (χ1v) is 9.30. The Balaban J connectivity index is 1.64. The molecule has 25 heavy (non-hydrogen) atoms. The zero-order chi connectivity index (χ0) is 17.6. The summed E-state index contributed by atoms with van der Waals surface area (Å²) in [5, 5.41) is 0. The molecule has 0 unspecified atom stereocenters. The summed E-state index contributed by atoms with van der Waals surface area (Å²) in [6.07, 6.45) is 0. The van der Waals surface area contributed by atoms with Gasteiger partial charge in [-0.2, -0.15) is 0 Å². The van der Waals surface area contributed by atoms with E-state index >= 15 is 0 Å². The first-order chi connectivity index (χ1) is 12.1. The number of nitrogens with zero attached hydrogens (tertiary/aromatic N) is 2. The molecule has 1 saturated heterocycles. The predicted molar refractivity (Wildman–Crippen MR) is 102 cm³/mol. The smallest absolute Gasteiger partial charge is 0.253 e. The minimum absolute atomic E-state index is 0.0479. The normalized spacial score (nSPS) is 15.1. The van der Waals surface area contributed by atoms with E-state index in [0.29, 0.717) is 6.54 Å². The van der Waals surface area contributed by atoms with Crippen molar-refractivity contribution in [2.24, 2.45) is 0 Å². The van der Waals surface area contributed by atoms with E-state index in [-0.39, 0.29) is 5.91 Å². The van der Waals surface area contributed by atoms with Crippen LogP contribution in [0, 0.1) is 0 Å². The van der Waals surface area contributed by atoms with Gasteiger partial charge in [0.1, 0.15) is 0 Å². The van der Waals surface area contributed by atoms with Gasteiger partial charge in [0.25, 0.3) is 5.91 Å². The Morgan fingerprint density at radius 2 is 1.84 bits per heavy atom. The Morgan fingerprint density at radius 3 is 2.56 bits per heavy atom. The minimum atomic E-state index is 0.0479. The lowest BCUT2D eigenvalue weighted by molar-refractivity contribution is 0.0341. The van der Waals surface area contributed by atoms with Gasteiger partial charge < -0.3 is 9.64 Å². The van der Waals surface area contributed by atoms with E-state index in [4.69, 9.17) is 4.74 Å². The molecule has 0 bridgehead atoms. The standard InChI is InChI=1S/C20H23BrN2O2/c1-22(14-16-5-7-19(21)8-6-16)20(24)18-4-2-3-17(13-18)15-23-9-11-25-12-10-23/h2-8,13H,9-12,14-15H2,1H3.